The minimum absolute atomic E-state index is 0.0284. The molecule has 2 aromatic rings. The van der Waals surface area contributed by atoms with Crippen molar-refractivity contribution in [3.05, 3.63) is 47.5 Å². The Hall–Kier alpha value is -2.77. The van der Waals surface area contributed by atoms with E-state index in [0.29, 0.717) is 41.7 Å². The minimum Gasteiger partial charge on any atom is -0.493 e. The molecule has 1 aliphatic rings. The van der Waals surface area contributed by atoms with Crippen LogP contribution in [0, 0.1) is 0 Å². The molecule has 2 aromatic carbocycles. The molecular weight excluding hydrogens is 372 g/mol. The average Bonchev–Trinajstić information content (AvgIpc) is 3.22. The number of rotatable bonds is 8. The van der Waals surface area contributed by atoms with Crippen molar-refractivity contribution in [3.63, 3.8) is 0 Å². The van der Waals surface area contributed by atoms with Crippen LogP contribution in [0.4, 0.5) is 0 Å². The Kier molecular flexibility index (Phi) is 6.95. The van der Waals surface area contributed by atoms with Gasteiger partial charge in [-0.2, -0.15) is 0 Å². The second-order valence-electron chi connectivity index (χ2n) is 6.91. The van der Waals surface area contributed by atoms with Crippen LogP contribution in [0.15, 0.2) is 36.4 Å². The fourth-order valence-electron chi connectivity index (χ4n) is 3.56. The van der Waals surface area contributed by atoms with E-state index < -0.39 is 0 Å². The number of nitrogens with two attached hydrogens (primary N) is 1. The molecule has 0 unspecified atom stereocenters. The first kappa shape index (κ1) is 21.0. The van der Waals surface area contributed by atoms with Gasteiger partial charge in [0.15, 0.2) is 23.0 Å². The van der Waals surface area contributed by atoms with Gasteiger partial charge in [-0.25, -0.2) is 0 Å². The quantitative estimate of drug-likeness (QED) is 0.733. The Labute approximate surface area is 171 Å². The molecule has 0 bridgehead atoms. The standard InChI is InChI=1S/C22H28N2O5/c1-26-14-17-5-4-10-24(17)22(25)16-7-9-19(21(12-16)28-3)29-18-8-6-15(13-23)11-20(18)27-2/h6-9,11-12,17H,4-5,10,13-14,23H2,1-3H3/t17-/m0/s1. The lowest BCUT2D eigenvalue weighted by atomic mass is 10.1. The molecule has 1 saturated heterocycles. The zero-order valence-corrected chi connectivity index (χ0v) is 17.1. The number of carbonyl (C=O) groups is 1. The van der Waals surface area contributed by atoms with Crippen LogP contribution in [0.25, 0.3) is 0 Å². The van der Waals surface area contributed by atoms with Crippen molar-refractivity contribution < 1.29 is 23.7 Å². The molecule has 1 atom stereocenters. The highest BCUT2D eigenvalue weighted by Gasteiger charge is 2.29. The van der Waals surface area contributed by atoms with E-state index in [1.807, 2.05) is 17.0 Å². The van der Waals surface area contributed by atoms with Gasteiger partial charge in [0.25, 0.3) is 5.91 Å². The number of amides is 1. The van der Waals surface area contributed by atoms with Crippen molar-refractivity contribution in [2.45, 2.75) is 25.4 Å². The summed E-state index contributed by atoms with van der Waals surface area (Å²) in [6, 6.07) is 10.8. The van der Waals surface area contributed by atoms with Gasteiger partial charge in [0, 0.05) is 25.8 Å². The zero-order chi connectivity index (χ0) is 20.8. The normalized spacial score (nSPS) is 16.0. The predicted molar refractivity (Wildman–Crippen MR) is 110 cm³/mol. The van der Waals surface area contributed by atoms with E-state index in [2.05, 4.69) is 0 Å². The lowest BCUT2D eigenvalue weighted by Crippen LogP contribution is -2.38. The summed E-state index contributed by atoms with van der Waals surface area (Å²) in [5, 5.41) is 0. The van der Waals surface area contributed by atoms with Crippen LogP contribution in [-0.4, -0.2) is 51.3 Å². The first-order chi connectivity index (χ1) is 14.1. The van der Waals surface area contributed by atoms with Crippen LogP contribution in [-0.2, 0) is 11.3 Å². The highest BCUT2D eigenvalue weighted by molar-refractivity contribution is 5.95. The number of carbonyl (C=O) groups excluding carboxylic acids is 1. The van der Waals surface area contributed by atoms with Crippen molar-refractivity contribution >= 4 is 5.91 Å². The van der Waals surface area contributed by atoms with Gasteiger partial charge in [-0.05, 0) is 48.7 Å². The van der Waals surface area contributed by atoms with Gasteiger partial charge in [0.05, 0.1) is 26.9 Å². The molecular formula is C22H28N2O5. The molecule has 1 aliphatic heterocycles. The topological polar surface area (TPSA) is 83.2 Å². The molecule has 7 nitrogen and oxygen atoms in total. The molecule has 0 aromatic heterocycles. The van der Waals surface area contributed by atoms with Gasteiger partial charge >= 0.3 is 0 Å². The second-order valence-corrected chi connectivity index (χ2v) is 6.91. The monoisotopic (exact) mass is 400 g/mol. The van der Waals surface area contributed by atoms with Gasteiger partial charge in [-0.15, -0.1) is 0 Å². The second kappa shape index (κ2) is 9.62. The molecule has 0 spiro atoms. The third-order valence-electron chi connectivity index (χ3n) is 5.09. The van der Waals surface area contributed by atoms with Crippen molar-refractivity contribution in [2.24, 2.45) is 5.73 Å². The van der Waals surface area contributed by atoms with E-state index in [-0.39, 0.29) is 11.9 Å². The van der Waals surface area contributed by atoms with Crippen LogP contribution < -0.4 is 19.9 Å². The first-order valence-corrected chi connectivity index (χ1v) is 9.64. The third kappa shape index (κ3) is 4.63. The Balaban J connectivity index is 1.83. The average molecular weight is 400 g/mol. The predicted octanol–water partition coefficient (Wildman–Crippen LogP) is 3.21. The van der Waals surface area contributed by atoms with Crippen LogP contribution in [0.1, 0.15) is 28.8 Å². The summed E-state index contributed by atoms with van der Waals surface area (Å²) in [4.78, 5) is 14.9. The van der Waals surface area contributed by atoms with Gasteiger partial charge in [0.1, 0.15) is 0 Å². The van der Waals surface area contributed by atoms with E-state index in [0.717, 1.165) is 24.9 Å². The molecule has 0 aliphatic carbocycles. The van der Waals surface area contributed by atoms with E-state index in [4.69, 9.17) is 24.7 Å². The molecule has 1 fully saturated rings. The molecule has 2 N–H and O–H groups in total. The maximum absolute atomic E-state index is 13.0. The maximum Gasteiger partial charge on any atom is 0.254 e. The van der Waals surface area contributed by atoms with Crippen LogP contribution >= 0.6 is 0 Å². The Morgan fingerprint density at radius 1 is 1.03 bits per heavy atom. The Morgan fingerprint density at radius 2 is 1.72 bits per heavy atom. The fourth-order valence-corrected chi connectivity index (χ4v) is 3.56. The molecule has 0 saturated carbocycles. The summed E-state index contributed by atoms with van der Waals surface area (Å²) in [7, 11) is 4.78. The third-order valence-corrected chi connectivity index (χ3v) is 5.09. The fraction of sp³-hybridized carbons (Fsp3) is 0.409. The van der Waals surface area contributed by atoms with Gasteiger partial charge < -0.3 is 29.6 Å². The van der Waals surface area contributed by atoms with Crippen molar-refractivity contribution in [1.29, 1.82) is 0 Å². The minimum atomic E-state index is -0.0284. The summed E-state index contributed by atoms with van der Waals surface area (Å²) >= 11 is 0. The Bertz CT molecular complexity index is 855. The molecule has 7 heteroatoms. The van der Waals surface area contributed by atoms with E-state index in [1.165, 1.54) is 0 Å². The number of hydrogen-bond donors (Lipinski definition) is 1. The Morgan fingerprint density at radius 3 is 2.38 bits per heavy atom. The van der Waals surface area contributed by atoms with Crippen LogP contribution in [0.3, 0.4) is 0 Å². The number of nitrogens with zero attached hydrogens (tertiary/aromatic N) is 1. The molecule has 3 rings (SSSR count). The molecule has 0 radical (unpaired) electrons. The number of likely N-dealkylation sites (tertiary alicyclic amines) is 1. The number of ether oxygens (including phenoxy) is 4. The maximum atomic E-state index is 13.0. The van der Waals surface area contributed by atoms with Crippen LogP contribution in [0.5, 0.6) is 23.0 Å². The first-order valence-electron chi connectivity index (χ1n) is 9.64. The molecule has 29 heavy (non-hydrogen) atoms. The number of hydrogen-bond acceptors (Lipinski definition) is 6. The number of methoxy groups -OCH3 is 3. The molecule has 1 amide bonds. The smallest absolute Gasteiger partial charge is 0.254 e. The summed E-state index contributed by atoms with van der Waals surface area (Å²) in [5.74, 6) is 2.07. The molecule has 156 valence electrons. The highest BCUT2D eigenvalue weighted by Crippen LogP contribution is 2.37. The largest absolute Gasteiger partial charge is 0.493 e. The number of benzene rings is 2. The lowest BCUT2D eigenvalue weighted by molar-refractivity contribution is 0.0630. The summed E-state index contributed by atoms with van der Waals surface area (Å²) in [5.41, 5.74) is 7.19. The summed E-state index contributed by atoms with van der Waals surface area (Å²) in [6.07, 6.45) is 1.94. The summed E-state index contributed by atoms with van der Waals surface area (Å²) in [6.45, 7) is 1.69. The van der Waals surface area contributed by atoms with Gasteiger partial charge in [-0.1, -0.05) is 6.07 Å². The molecule has 1 heterocycles. The SMILES string of the molecule is COC[C@@H]1CCCN1C(=O)c1ccc(Oc2ccc(CN)cc2OC)c(OC)c1. The van der Waals surface area contributed by atoms with Gasteiger partial charge in [-0.3, -0.25) is 4.79 Å². The van der Waals surface area contributed by atoms with E-state index in [9.17, 15) is 4.79 Å². The van der Waals surface area contributed by atoms with Crippen molar-refractivity contribution in [3.8, 4) is 23.0 Å². The van der Waals surface area contributed by atoms with Gasteiger partial charge in [0.2, 0.25) is 0 Å². The van der Waals surface area contributed by atoms with Crippen LogP contribution in [0.2, 0.25) is 0 Å². The van der Waals surface area contributed by atoms with Crippen molar-refractivity contribution in [1.82, 2.24) is 4.90 Å². The highest BCUT2D eigenvalue weighted by atomic mass is 16.5. The van der Waals surface area contributed by atoms with Crippen molar-refractivity contribution in [2.75, 3.05) is 34.5 Å². The zero-order valence-electron chi connectivity index (χ0n) is 17.1. The lowest BCUT2D eigenvalue weighted by Gasteiger charge is -2.24. The van der Waals surface area contributed by atoms with E-state index >= 15 is 0 Å². The van der Waals surface area contributed by atoms with E-state index in [1.54, 1.807) is 45.6 Å². The summed E-state index contributed by atoms with van der Waals surface area (Å²) < 4.78 is 22.1.